The molecule has 154 valence electrons. The Kier molecular flexibility index (Phi) is 17.5. The molecule has 1 rings (SSSR count). The summed E-state index contributed by atoms with van der Waals surface area (Å²) in [6.45, 7) is 11.1. The number of hydrogen-bond acceptors (Lipinski definition) is 4. The van der Waals surface area contributed by atoms with E-state index in [0.717, 1.165) is 5.92 Å². The highest BCUT2D eigenvalue weighted by molar-refractivity contribution is 5.90. The second-order valence-corrected chi connectivity index (χ2v) is 7.12. The zero-order valence-electron chi connectivity index (χ0n) is 17.6. The maximum absolute atomic E-state index is 11.7. The summed E-state index contributed by atoms with van der Waals surface area (Å²) in [5.41, 5.74) is 0. The van der Waals surface area contributed by atoms with E-state index in [0.29, 0.717) is 6.42 Å². The molecule has 0 radical (unpaired) electrons. The van der Waals surface area contributed by atoms with Gasteiger partial charge in [-0.25, -0.2) is 0 Å². The van der Waals surface area contributed by atoms with Gasteiger partial charge in [-0.05, 0) is 25.7 Å². The van der Waals surface area contributed by atoms with Gasteiger partial charge in [0.1, 0.15) is 11.8 Å². The lowest BCUT2D eigenvalue weighted by atomic mass is 9.91. The first-order valence-electron chi connectivity index (χ1n) is 9.86. The van der Waals surface area contributed by atoms with Crippen LogP contribution in [-0.4, -0.2) is 41.9 Å². The van der Waals surface area contributed by atoms with Crippen LogP contribution in [0.3, 0.4) is 0 Å². The van der Waals surface area contributed by atoms with E-state index in [1.807, 2.05) is 13.8 Å². The van der Waals surface area contributed by atoms with Crippen molar-refractivity contribution in [2.75, 3.05) is 13.2 Å². The first-order valence-corrected chi connectivity index (χ1v) is 9.86. The minimum Gasteiger partial charge on any atom is -0.397 e. The van der Waals surface area contributed by atoms with E-state index in [2.05, 4.69) is 17.6 Å². The smallest absolute Gasteiger partial charge is 0.243 e. The lowest BCUT2D eigenvalue weighted by Crippen LogP contribution is -2.50. The Morgan fingerprint density at radius 3 is 1.88 bits per heavy atom. The maximum Gasteiger partial charge on any atom is 0.243 e. The van der Waals surface area contributed by atoms with E-state index in [9.17, 15) is 14.4 Å². The Morgan fingerprint density at radius 1 is 1.08 bits per heavy atom. The highest BCUT2D eigenvalue weighted by Crippen LogP contribution is 2.22. The molecule has 1 fully saturated rings. The van der Waals surface area contributed by atoms with Crippen LogP contribution in [0.2, 0.25) is 0 Å². The summed E-state index contributed by atoms with van der Waals surface area (Å²) in [4.78, 5) is 33.6. The summed E-state index contributed by atoms with van der Waals surface area (Å²) >= 11 is 0. The molecule has 26 heavy (non-hydrogen) atoms. The molecule has 0 aliphatic heterocycles. The van der Waals surface area contributed by atoms with Crippen LogP contribution in [0.1, 0.15) is 80.1 Å². The number of aliphatic hydroxyl groups is 1. The third kappa shape index (κ3) is 16.1. The highest BCUT2D eigenvalue weighted by atomic mass is 16.2. The second-order valence-electron chi connectivity index (χ2n) is 7.12. The summed E-state index contributed by atoms with van der Waals surface area (Å²) < 4.78 is 0. The van der Waals surface area contributed by atoms with Gasteiger partial charge in [0.15, 0.2) is 0 Å². The van der Waals surface area contributed by atoms with Crippen molar-refractivity contribution in [1.82, 2.24) is 10.6 Å². The SMILES string of the molecule is CC1CCCCC1.CCC(=O)NC(C(=O)NCC(C)=O)C(C)C.CCO. The second kappa shape index (κ2) is 17.0. The molecule has 1 atom stereocenters. The van der Waals surface area contributed by atoms with Gasteiger partial charge in [-0.2, -0.15) is 0 Å². The van der Waals surface area contributed by atoms with Crippen LogP contribution in [-0.2, 0) is 14.4 Å². The van der Waals surface area contributed by atoms with Crippen LogP contribution in [0.25, 0.3) is 0 Å². The molecule has 1 unspecified atom stereocenters. The monoisotopic (exact) mass is 372 g/mol. The largest absolute Gasteiger partial charge is 0.397 e. The van der Waals surface area contributed by atoms with Crippen molar-refractivity contribution in [1.29, 1.82) is 0 Å². The first kappa shape index (κ1) is 26.8. The Bertz CT molecular complexity index is 391. The average molecular weight is 373 g/mol. The number of aliphatic hydroxyl groups excluding tert-OH is 1. The van der Waals surface area contributed by atoms with E-state index in [1.54, 1.807) is 13.8 Å². The minimum absolute atomic E-state index is 0.00402. The van der Waals surface area contributed by atoms with Crippen LogP contribution in [0.5, 0.6) is 0 Å². The third-order valence-electron chi connectivity index (χ3n) is 3.99. The summed E-state index contributed by atoms with van der Waals surface area (Å²) in [5, 5.41) is 12.7. The van der Waals surface area contributed by atoms with E-state index in [1.165, 1.54) is 39.0 Å². The molecule has 1 saturated carbocycles. The topological polar surface area (TPSA) is 95.5 Å². The zero-order valence-corrected chi connectivity index (χ0v) is 17.6. The fraction of sp³-hybridized carbons (Fsp3) is 0.850. The molecule has 6 nitrogen and oxygen atoms in total. The summed E-state index contributed by atoms with van der Waals surface area (Å²) in [6, 6.07) is -0.577. The number of carbonyl (C=O) groups excluding carboxylic acids is 3. The number of amides is 2. The van der Waals surface area contributed by atoms with E-state index in [4.69, 9.17) is 5.11 Å². The van der Waals surface area contributed by atoms with Crippen LogP contribution in [0, 0.1) is 11.8 Å². The molecular formula is C20H40N2O4. The van der Waals surface area contributed by atoms with E-state index < -0.39 is 6.04 Å². The predicted molar refractivity (Wildman–Crippen MR) is 106 cm³/mol. The third-order valence-corrected chi connectivity index (χ3v) is 3.99. The number of hydrogen-bond donors (Lipinski definition) is 3. The lowest BCUT2D eigenvalue weighted by Gasteiger charge is -2.21. The van der Waals surface area contributed by atoms with E-state index >= 15 is 0 Å². The molecule has 0 aromatic heterocycles. The quantitative estimate of drug-likeness (QED) is 0.668. The Hall–Kier alpha value is -1.43. The maximum atomic E-state index is 11.7. The van der Waals surface area contributed by atoms with Gasteiger partial charge in [0.25, 0.3) is 0 Å². The number of ketones is 1. The van der Waals surface area contributed by atoms with Gasteiger partial charge in [-0.3, -0.25) is 14.4 Å². The van der Waals surface area contributed by atoms with Gasteiger partial charge in [-0.1, -0.05) is 59.8 Å². The van der Waals surface area contributed by atoms with Gasteiger partial charge < -0.3 is 15.7 Å². The molecule has 6 heteroatoms. The van der Waals surface area contributed by atoms with Crippen molar-refractivity contribution in [3.63, 3.8) is 0 Å². The lowest BCUT2D eigenvalue weighted by molar-refractivity contribution is -0.130. The molecular weight excluding hydrogens is 332 g/mol. The molecule has 0 aromatic rings. The van der Waals surface area contributed by atoms with Gasteiger partial charge in [0, 0.05) is 13.0 Å². The van der Waals surface area contributed by atoms with Crippen LogP contribution in [0.4, 0.5) is 0 Å². The molecule has 1 aliphatic rings. The predicted octanol–water partition coefficient (Wildman–Crippen LogP) is 2.83. The normalized spacial score (nSPS) is 14.9. The number of carbonyl (C=O) groups is 3. The Balaban J connectivity index is 0. The van der Waals surface area contributed by atoms with E-state index in [-0.39, 0.29) is 36.7 Å². The van der Waals surface area contributed by atoms with Crippen molar-refractivity contribution in [2.24, 2.45) is 11.8 Å². The average Bonchev–Trinajstić information content (AvgIpc) is 2.59. The summed E-state index contributed by atoms with van der Waals surface area (Å²) in [5.74, 6) is 0.428. The molecule has 0 heterocycles. The highest BCUT2D eigenvalue weighted by Gasteiger charge is 2.23. The fourth-order valence-corrected chi connectivity index (χ4v) is 2.44. The standard InChI is InChI=1S/C11H20N2O3.C7H14.C2H6O/c1-5-9(15)13-10(7(2)3)11(16)12-6-8(4)14;1-7-5-3-2-4-6-7;1-2-3/h7,10H,5-6H2,1-4H3,(H,12,16)(H,13,15);7H,2-6H2,1H3;3H,2H2,1H3. The molecule has 2 amide bonds. The van der Waals surface area contributed by atoms with Crippen molar-refractivity contribution >= 4 is 17.6 Å². The zero-order chi connectivity index (χ0) is 20.5. The van der Waals surface area contributed by atoms with Crippen LogP contribution < -0.4 is 10.6 Å². The van der Waals surface area contributed by atoms with Crippen molar-refractivity contribution < 1.29 is 19.5 Å². The van der Waals surface area contributed by atoms with Crippen molar-refractivity contribution in [2.45, 2.75) is 86.1 Å². The molecule has 1 aliphatic carbocycles. The van der Waals surface area contributed by atoms with Gasteiger partial charge >= 0.3 is 0 Å². The molecule has 0 bridgehead atoms. The Morgan fingerprint density at radius 2 is 1.58 bits per heavy atom. The molecule has 0 aromatic carbocycles. The molecule has 0 spiro atoms. The fourth-order valence-electron chi connectivity index (χ4n) is 2.44. The van der Waals surface area contributed by atoms with Crippen molar-refractivity contribution in [3.05, 3.63) is 0 Å². The van der Waals surface area contributed by atoms with Crippen molar-refractivity contribution in [3.8, 4) is 0 Å². The molecule has 0 saturated heterocycles. The first-order chi connectivity index (χ1) is 12.2. The number of rotatable bonds is 6. The number of nitrogens with one attached hydrogen (secondary N) is 2. The Labute approximate surface area is 159 Å². The van der Waals surface area contributed by atoms with Gasteiger partial charge in [0.2, 0.25) is 11.8 Å². The van der Waals surface area contributed by atoms with Crippen LogP contribution in [0.15, 0.2) is 0 Å². The summed E-state index contributed by atoms with van der Waals surface area (Å²) in [7, 11) is 0. The van der Waals surface area contributed by atoms with Gasteiger partial charge in [-0.15, -0.1) is 0 Å². The summed E-state index contributed by atoms with van der Waals surface area (Å²) in [6.07, 6.45) is 7.77. The number of Topliss-reactive ketones (excluding diaryl/α,β-unsaturated/α-hetero) is 1. The molecule has 3 N–H and O–H groups in total. The van der Waals surface area contributed by atoms with Crippen LogP contribution >= 0.6 is 0 Å². The van der Waals surface area contributed by atoms with Gasteiger partial charge in [0.05, 0.1) is 6.54 Å². The minimum atomic E-state index is -0.577.